The lowest BCUT2D eigenvalue weighted by Crippen LogP contribution is -2.50. The predicted octanol–water partition coefficient (Wildman–Crippen LogP) is 3.58. The molecule has 0 unspecified atom stereocenters. The maximum absolute atomic E-state index is 13.4. The number of piperazine rings is 1. The van der Waals surface area contributed by atoms with Crippen molar-refractivity contribution in [2.45, 2.75) is 24.8 Å². The molecule has 4 rings (SSSR count). The van der Waals surface area contributed by atoms with E-state index >= 15 is 0 Å². The Balaban J connectivity index is 1.52. The molecule has 0 bridgehead atoms. The third-order valence-corrected chi connectivity index (χ3v) is 8.53. The number of carbonyl (C=O) groups excluding carboxylic acids is 1. The van der Waals surface area contributed by atoms with E-state index < -0.39 is 15.8 Å². The Morgan fingerprint density at radius 2 is 1.78 bits per heavy atom. The summed E-state index contributed by atoms with van der Waals surface area (Å²) >= 11 is 6.79. The maximum Gasteiger partial charge on any atom is 0.308 e. The number of halogens is 2. The lowest BCUT2D eigenvalue weighted by Gasteiger charge is -2.34. The van der Waals surface area contributed by atoms with E-state index in [1.54, 1.807) is 10.6 Å². The highest BCUT2D eigenvalue weighted by atomic mass is 35.5. The molecular weight excluding hydrogens is 477 g/mol. The molecule has 11 heteroatoms. The van der Waals surface area contributed by atoms with Crippen molar-refractivity contribution < 1.29 is 17.6 Å². The molecule has 1 aliphatic rings. The number of sulfonamides is 1. The van der Waals surface area contributed by atoms with Crippen LogP contribution in [0.3, 0.4) is 0 Å². The Labute approximate surface area is 193 Å². The molecular formula is C21H21ClFN3O4S2. The first kappa shape index (κ1) is 22.9. The third-order valence-electron chi connectivity index (χ3n) is 5.43. The summed E-state index contributed by atoms with van der Waals surface area (Å²) in [6.45, 7) is 4.46. The number of nitrogens with zero attached hydrogens (tertiary/aromatic N) is 3. The summed E-state index contributed by atoms with van der Waals surface area (Å²) in [5.41, 5.74) is 0.963. The second-order valence-corrected chi connectivity index (χ2v) is 11.1. The molecule has 0 N–H and O–H groups in total. The Morgan fingerprint density at radius 1 is 1.09 bits per heavy atom. The summed E-state index contributed by atoms with van der Waals surface area (Å²) < 4.78 is 43.3. The highest BCUT2D eigenvalue weighted by molar-refractivity contribution is 7.89. The van der Waals surface area contributed by atoms with E-state index in [0.717, 1.165) is 17.4 Å². The Kier molecular flexibility index (Phi) is 6.15. The largest absolute Gasteiger partial charge is 0.336 e. The van der Waals surface area contributed by atoms with Gasteiger partial charge in [0.05, 0.1) is 20.1 Å². The summed E-state index contributed by atoms with van der Waals surface area (Å²) in [4.78, 5) is 26.4. The number of benzene rings is 2. The van der Waals surface area contributed by atoms with Gasteiger partial charge >= 0.3 is 4.87 Å². The SMILES string of the molecule is CC(C)n1c(=O)sc2cc(S(=O)(=O)N3CCN(C(=O)c4ccc(F)c(Cl)c4)CC3)ccc21. The minimum absolute atomic E-state index is 0.0275. The summed E-state index contributed by atoms with van der Waals surface area (Å²) in [5, 5.41) is -0.138. The van der Waals surface area contributed by atoms with Gasteiger partial charge in [0.1, 0.15) is 5.82 Å². The first-order valence-corrected chi connectivity index (χ1v) is 12.6. The number of hydrogen-bond donors (Lipinski definition) is 0. The fourth-order valence-electron chi connectivity index (χ4n) is 3.76. The van der Waals surface area contributed by atoms with Crippen molar-refractivity contribution in [2.75, 3.05) is 26.2 Å². The number of carbonyl (C=O) groups is 1. The van der Waals surface area contributed by atoms with Gasteiger partial charge in [0, 0.05) is 37.8 Å². The molecule has 3 aromatic rings. The van der Waals surface area contributed by atoms with Crippen LogP contribution in [0.1, 0.15) is 30.2 Å². The van der Waals surface area contributed by atoms with E-state index in [9.17, 15) is 22.4 Å². The van der Waals surface area contributed by atoms with Crippen LogP contribution in [-0.4, -0.2) is 54.3 Å². The van der Waals surface area contributed by atoms with Crippen LogP contribution in [0.4, 0.5) is 4.39 Å². The van der Waals surface area contributed by atoms with Crippen molar-refractivity contribution in [1.29, 1.82) is 0 Å². The normalized spacial score (nSPS) is 15.6. The monoisotopic (exact) mass is 497 g/mol. The van der Waals surface area contributed by atoms with E-state index in [4.69, 9.17) is 11.6 Å². The minimum Gasteiger partial charge on any atom is -0.336 e. The van der Waals surface area contributed by atoms with Crippen LogP contribution in [-0.2, 0) is 10.0 Å². The average Bonchev–Trinajstić information content (AvgIpc) is 3.10. The van der Waals surface area contributed by atoms with Gasteiger partial charge < -0.3 is 4.90 Å². The molecule has 170 valence electrons. The average molecular weight is 498 g/mol. The van der Waals surface area contributed by atoms with E-state index in [1.165, 1.54) is 33.5 Å². The van der Waals surface area contributed by atoms with Gasteiger partial charge in [0.2, 0.25) is 10.0 Å². The van der Waals surface area contributed by atoms with E-state index in [2.05, 4.69) is 0 Å². The molecule has 1 aliphatic heterocycles. The number of rotatable bonds is 4. The molecule has 1 amide bonds. The van der Waals surface area contributed by atoms with Crippen LogP contribution in [0, 0.1) is 5.82 Å². The first-order valence-electron chi connectivity index (χ1n) is 9.99. The molecule has 0 radical (unpaired) electrons. The molecule has 2 heterocycles. The topological polar surface area (TPSA) is 79.7 Å². The zero-order valence-corrected chi connectivity index (χ0v) is 19.8. The van der Waals surface area contributed by atoms with Gasteiger partial charge in [0.25, 0.3) is 5.91 Å². The summed E-state index contributed by atoms with van der Waals surface area (Å²) in [6, 6.07) is 8.45. The molecule has 2 aromatic carbocycles. The lowest BCUT2D eigenvalue weighted by atomic mass is 10.2. The zero-order chi connectivity index (χ0) is 23.2. The highest BCUT2D eigenvalue weighted by Gasteiger charge is 2.31. The fourth-order valence-corrected chi connectivity index (χ4v) is 6.52. The van der Waals surface area contributed by atoms with Crippen LogP contribution in [0.5, 0.6) is 0 Å². The Bertz CT molecular complexity index is 1360. The molecule has 1 fully saturated rings. The van der Waals surface area contributed by atoms with Crippen LogP contribution < -0.4 is 4.87 Å². The zero-order valence-electron chi connectivity index (χ0n) is 17.4. The van der Waals surface area contributed by atoms with Gasteiger partial charge in [0.15, 0.2) is 0 Å². The first-order chi connectivity index (χ1) is 15.1. The second kappa shape index (κ2) is 8.58. The van der Waals surface area contributed by atoms with E-state index in [-0.39, 0.29) is 58.5 Å². The quantitative estimate of drug-likeness (QED) is 0.552. The van der Waals surface area contributed by atoms with Crippen LogP contribution in [0.15, 0.2) is 46.1 Å². The standard InChI is InChI=1S/C21H21ClFN3O4S2/c1-13(2)26-18-6-4-15(12-19(18)31-21(26)28)32(29,30)25-9-7-24(8-10-25)20(27)14-3-5-17(23)16(22)11-14/h3-6,11-13H,7-10H2,1-2H3. The van der Waals surface area contributed by atoms with Gasteiger partial charge in [-0.3, -0.25) is 14.2 Å². The summed E-state index contributed by atoms with van der Waals surface area (Å²) in [5.74, 6) is -0.935. The van der Waals surface area contributed by atoms with Gasteiger partial charge in [-0.1, -0.05) is 22.9 Å². The highest BCUT2D eigenvalue weighted by Crippen LogP contribution is 2.26. The molecule has 0 atom stereocenters. The minimum atomic E-state index is -3.78. The third kappa shape index (κ3) is 4.07. The van der Waals surface area contributed by atoms with Crippen molar-refractivity contribution >= 4 is 49.1 Å². The molecule has 0 saturated carbocycles. The number of fused-ring (bicyclic) bond motifs is 1. The van der Waals surface area contributed by atoms with E-state index in [1.807, 2.05) is 13.8 Å². The summed E-state index contributed by atoms with van der Waals surface area (Å²) in [7, 11) is -3.78. The number of amides is 1. The molecule has 7 nitrogen and oxygen atoms in total. The fraction of sp³-hybridized carbons (Fsp3) is 0.333. The maximum atomic E-state index is 13.4. The van der Waals surface area contributed by atoms with Crippen LogP contribution in [0.2, 0.25) is 5.02 Å². The number of aromatic nitrogens is 1. The Morgan fingerprint density at radius 3 is 2.41 bits per heavy atom. The lowest BCUT2D eigenvalue weighted by molar-refractivity contribution is 0.0698. The van der Waals surface area contributed by atoms with Gasteiger partial charge in [-0.2, -0.15) is 4.31 Å². The second-order valence-electron chi connectivity index (χ2n) is 7.79. The molecule has 1 saturated heterocycles. The van der Waals surface area contributed by atoms with Crippen molar-refractivity contribution in [1.82, 2.24) is 13.8 Å². The van der Waals surface area contributed by atoms with Crippen molar-refractivity contribution in [2.24, 2.45) is 0 Å². The van der Waals surface area contributed by atoms with Gasteiger partial charge in [-0.15, -0.1) is 0 Å². The molecule has 0 spiro atoms. The van der Waals surface area contributed by atoms with Crippen LogP contribution >= 0.6 is 22.9 Å². The number of thiazole rings is 1. The molecule has 0 aliphatic carbocycles. The van der Waals surface area contributed by atoms with Crippen molar-refractivity contribution in [3.8, 4) is 0 Å². The van der Waals surface area contributed by atoms with Crippen molar-refractivity contribution in [3.63, 3.8) is 0 Å². The van der Waals surface area contributed by atoms with Crippen molar-refractivity contribution in [3.05, 3.63) is 62.5 Å². The molecule has 32 heavy (non-hydrogen) atoms. The van der Waals surface area contributed by atoms with Gasteiger partial charge in [-0.25, -0.2) is 12.8 Å². The molecule has 1 aromatic heterocycles. The van der Waals surface area contributed by atoms with Gasteiger partial charge in [-0.05, 0) is 50.2 Å². The smallest absolute Gasteiger partial charge is 0.308 e. The van der Waals surface area contributed by atoms with E-state index in [0.29, 0.717) is 10.2 Å². The predicted molar refractivity (Wildman–Crippen MR) is 123 cm³/mol. The summed E-state index contributed by atoms with van der Waals surface area (Å²) in [6.07, 6.45) is 0. The van der Waals surface area contributed by atoms with Crippen LogP contribution in [0.25, 0.3) is 10.2 Å². The number of hydrogen-bond acceptors (Lipinski definition) is 5. The Hall–Kier alpha value is -2.27.